The predicted molar refractivity (Wildman–Crippen MR) is 102 cm³/mol. The molecule has 1 heterocycles. The third-order valence-electron chi connectivity index (χ3n) is 6.67. The van der Waals surface area contributed by atoms with E-state index in [0.717, 1.165) is 18.1 Å². The third-order valence-corrected chi connectivity index (χ3v) is 6.67. The van der Waals surface area contributed by atoms with Gasteiger partial charge in [-0.1, -0.05) is 20.3 Å². The van der Waals surface area contributed by atoms with E-state index in [9.17, 15) is 9.59 Å². The van der Waals surface area contributed by atoms with Crippen LogP contribution < -0.4 is 10.1 Å². The summed E-state index contributed by atoms with van der Waals surface area (Å²) in [6, 6.07) is 0.270. The SMILES string of the molecule is CC(C)COc1c(C(=O)NC2C3CCC4CC(C3)CC2C4)cnn1CC=O. The van der Waals surface area contributed by atoms with Crippen LogP contribution in [0.4, 0.5) is 0 Å². The number of aldehydes is 1. The third kappa shape index (κ3) is 3.76. The Kier molecular flexibility index (Phi) is 5.24. The van der Waals surface area contributed by atoms with Crippen LogP contribution in [-0.4, -0.2) is 34.6 Å². The first-order valence-corrected chi connectivity index (χ1v) is 10.5. The monoisotopic (exact) mass is 373 g/mol. The Morgan fingerprint density at radius 1 is 1.26 bits per heavy atom. The summed E-state index contributed by atoms with van der Waals surface area (Å²) in [6.07, 6.45) is 10.1. The smallest absolute Gasteiger partial charge is 0.258 e. The summed E-state index contributed by atoms with van der Waals surface area (Å²) in [6.45, 7) is 4.69. The molecule has 1 aromatic heterocycles. The number of carbonyl (C=O) groups excluding carboxylic acids is 2. The maximum absolute atomic E-state index is 13.1. The minimum atomic E-state index is -0.108. The van der Waals surface area contributed by atoms with Crippen LogP contribution in [0.25, 0.3) is 0 Å². The fraction of sp³-hybridized carbons (Fsp3) is 0.762. The van der Waals surface area contributed by atoms with Crippen LogP contribution in [-0.2, 0) is 11.3 Å². The van der Waals surface area contributed by atoms with Gasteiger partial charge in [0.2, 0.25) is 5.88 Å². The highest BCUT2D eigenvalue weighted by Crippen LogP contribution is 2.51. The van der Waals surface area contributed by atoms with Gasteiger partial charge >= 0.3 is 0 Å². The number of nitrogens with one attached hydrogen (secondary N) is 1. The number of ether oxygens (including phenoxy) is 1. The van der Waals surface area contributed by atoms with Gasteiger partial charge in [0.15, 0.2) is 0 Å². The molecule has 1 aromatic rings. The van der Waals surface area contributed by atoms with Crippen LogP contribution in [0.5, 0.6) is 5.88 Å². The number of amides is 1. The van der Waals surface area contributed by atoms with Gasteiger partial charge in [0.05, 0.1) is 12.8 Å². The molecular weight excluding hydrogens is 342 g/mol. The summed E-state index contributed by atoms with van der Waals surface area (Å²) < 4.78 is 7.34. The van der Waals surface area contributed by atoms with Gasteiger partial charge in [0, 0.05) is 6.04 Å². The largest absolute Gasteiger partial charge is 0.477 e. The maximum Gasteiger partial charge on any atom is 0.258 e. The average Bonchev–Trinajstić information content (AvgIpc) is 2.92. The lowest BCUT2D eigenvalue weighted by Crippen LogP contribution is -2.49. The summed E-state index contributed by atoms with van der Waals surface area (Å²) in [5.41, 5.74) is 0.449. The van der Waals surface area contributed by atoms with E-state index in [2.05, 4.69) is 24.3 Å². The zero-order valence-corrected chi connectivity index (χ0v) is 16.4. The van der Waals surface area contributed by atoms with Crippen molar-refractivity contribution < 1.29 is 14.3 Å². The molecule has 4 aliphatic rings. The zero-order valence-electron chi connectivity index (χ0n) is 16.4. The van der Waals surface area contributed by atoms with E-state index < -0.39 is 0 Å². The summed E-state index contributed by atoms with van der Waals surface area (Å²) >= 11 is 0. The lowest BCUT2D eigenvalue weighted by Gasteiger charge is -2.44. The van der Waals surface area contributed by atoms with Crippen molar-refractivity contribution >= 4 is 12.2 Å². The number of hydrogen-bond donors (Lipinski definition) is 1. The molecule has 0 saturated heterocycles. The topological polar surface area (TPSA) is 73.2 Å². The van der Waals surface area contributed by atoms with Gasteiger partial charge in [-0.3, -0.25) is 4.79 Å². The maximum atomic E-state index is 13.1. The van der Waals surface area contributed by atoms with E-state index >= 15 is 0 Å². The summed E-state index contributed by atoms with van der Waals surface area (Å²) in [7, 11) is 0. The van der Waals surface area contributed by atoms with Crippen LogP contribution in [0.3, 0.4) is 0 Å². The van der Waals surface area contributed by atoms with Crippen molar-refractivity contribution in [3.63, 3.8) is 0 Å². The molecule has 148 valence electrons. The number of rotatable bonds is 7. The molecule has 0 aliphatic heterocycles. The van der Waals surface area contributed by atoms with Crippen molar-refractivity contribution in [2.75, 3.05) is 6.61 Å². The number of fused-ring (bicyclic) bond motifs is 1. The fourth-order valence-corrected chi connectivity index (χ4v) is 5.64. The van der Waals surface area contributed by atoms with Crippen LogP contribution in [0.1, 0.15) is 62.7 Å². The molecule has 0 spiro atoms. The van der Waals surface area contributed by atoms with Crippen LogP contribution in [0, 0.1) is 29.6 Å². The van der Waals surface area contributed by atoms with Gasteiger partial charge in [0.1, 0.15) is 18.4 Å². The van der Waals surface area contributed by atoms with E-state index in [0.29, 0.717) is 35.8 Å². The standard InChI is InChI=1S/C21H31N3O3/c1-13(2)12-27-21-18(11-22-24(21)5-6-25)20(26)23-19-16-4-3-14-7-15(9-16)10-17(19)8-14/h6,11,13-17,19H,3-5,7-10,12H2,1-2H3,(H,23,26). The fourth-order valence-electron chi connectivity index (χ4n) is 5.64. The molecule has 4 bridgehead atoms. The van der Waals surface area contributed by atoms with Gasteiger partial charge in [-0.2, -0.15) is 5.10 Å². The van der Waals surface area contributed by atoms with Crippen molar-refractivity contribution in [3.8, 4) is 5.88 Å². The second-order valence-electron chi connectivity index (χ2n) is 9.19. The lowest BCUT2D eigenvalue weighted by molar-refractivity contribution is -0.108. The molecule has 5 atom stereocenters. The van der Waals surface area contributed by atoms with E-state index in [1.54, 1.807) is 6.20 Å². The first-order valence-electron chi connectivity index (χ1n) is 10.5. The van der Waals surface area contributed by atoms with Crippen molar-refractivity contribution in [1.82, 2.24) is 15.1 Å². The molecule has 1 amide bonds. The number of hydrogen-bond acceptors (Lipinski definition) is 4. The second kappa shape index (κ2) is 7.64. The predicted octanol–water partition coefficient (Wildman–Crippen LogP) is 3.06. The van der Waals surface area contributed by atoms with Gasteiger partial charge < -0.3 is 14.8 Å². The van der Waals surface area contributed by atoms with Gasteiger partial charge in [-0.15, -0.1) is 0 Å². The number of aromatic nitrogens is 2. The first-order chi connectivity index (χ1) is 13.0. The molecular formula is C21H31N3O3. The molecule has 6 heteroatoms. The summed E-state index contributed by atoms with van der Waals surface area (Å²) in [4.78, 5) is 24.0. The normalized spacial score (nSPS) is 31.7. The van der Waals surface area contributed by atoms with Gasteiger partial charge in [0.25, 0.3) is 5.91 Å². The highest BCUT2D eigenvalue weighted by molar-refractivity contribution is 5.96. The molecule has 5 unspecified atom stereocenters. The van der Waals surface area contributed by atoms with Crippen LogP contribution in [0.15, 0.2) is 6.20 Å². The second-order valence-corrected chi connectivity index (χ2v) is 9.19. The molecule has 6 nitrogen and oxygen atoms in total. The molecule has 1 N–H and O–H groups in total. The summed E-state index contributed by atoms with van der Waals surface area (Å²) in [5.74, 6) is 3.58. The van der Waals surface area contributed by atoms with Crippen molar-refractivity contribution in [3.05, 3.63) is 11.8 Å². The Morgan fingerprint density at radius 2 is 2.04 bits per heavy atom. The Hall–Kier alpha value is -1.85. The van der Waals surface area contributed by atoms with Gasteiger partial charge in [-0.05, 0) is 61.7 Å². The van der Waals surface area contributed by atoms with Crippen molar-refractivity contribution in [2.24, 2.45) is 29.6 Å². The minimum Gasteiger partial charge on any atom is -0.477 e. The molecule has 27 heavy (non-hydrogen) atoms. The molecule has 4 aliphatic carbocycles. The van der Waals surface area contributed by atoms with E-state index in [1.807, 2.05) is 0 Å². The van der Waals surface area contributed by atoms with Crippen LogP contribution in [0.2, 0.25) is 0 Å². The van der Waals surface area contributed by atoms with E-state index in [-0.39, 0.29) is 18.5 Å². The quantitative estimate of drug-likeness (QED) is 0.746. The molecule has 5 rings (SSSR count). The Balaban J connectivity index is 1.52. The zero-order chi connectivity index (χ0) is 19.0. The average molecular weight is 373 g/mol. The van der Waals surface area contributed by atoms with Crippen LogP contribution >= 0.6 is 0 Å². The molecule has 0 radical (unpaired) electrons. The highest BCUT2D eigenvalue weighted by atomic mass is 16.5. The van der Waals surface area contributed by atoms with E-state index in [1.165, 1.54) is 43.2 Å². The lowest BCUT2D eigenvalue weighted by atomic mass is 9.65. The molecule has 0 aromatic carbocycles. The Labute approximate surface area is 161 Å². The minimum absolute atomic E-state index is 0.0960. The Bertz CT molecular complexity index is 691. The molecule has 4 fully saturated rings. The first kappa shape index (κ1) is 18.5. The van der Waals surface area contributed by atoms with Crippen molar-refractivity contribution in [2.45, 2.75) is 65.0 Å². The Morgan fingerprint density at radius 3 is 2.81 bits per heavy atom. The van der Waals surface area contributed by atoms with Gasteiger partial charge in [-0.25, -0.2) is 4.68 Å². The number of nitrogens with zero attached hydrogens (tertiary/aromatic N) is 2. The van der Waals surface area contributed by atoms with E-state index in [4.69, 9.17) is 4.74 Å². The number of carbonyl (C=O) groups is 2. The molecule has 4 saturated carbocycles. The van der Waals surface area contributed by atoms with Crippen molar-refractivity contribution in [1.29, 1.82) is 0 Å². The summed E-state index contributed by atoms with van der Waals surface area (Å²) in [5, 5.41) is 7.55. The highest BCUT2D eigenvalue weighted by Gasteiger charge is 2.46.